The van der Waals surface area contributed by atoms with Crippen LogP contribution in [0.25, 0.3) is 0 Å². The van der Waals surface area contributed by atoms with Gasteiger partial charge >= 0.3 is 5.97 Å². The number of ether oxygens (including phenoxy) is 1. The average molecular weight is 272 g/mol. The van der Waals surface area contributed by atoms with Crippen molar-refractivity contribution in [3.8, 4) is 0 Å². The zero-order valence-corrected chi connectivity index (χ0v) is 11.1. The molecule has 19 heavy (non-hydrogen) atoms. The number of carbonyl (C=O) groups excluding carboxylic acids is 1. The van der Waals surface area contributed by atoms with Crippen LogP contribution < -0.4 is 0 Å². The highest BCUT2D eigenvalue weighted by Crippen LogP contribution is 2.34. The third kappa shape index (κ3) is 2.21. The number of esters is 1. The molecule has 0 saturated carbocycles. The summed E-state index contributed by atoms with van der Waals surface area (Å²) < 4.78 is 4.78. The number of hydrogen-bond donors (Lipinski definition) is 0. The van der Waals surface area contributed by atoms with E-state index in [1.165, 1.54) is 7.11 Å². The van der Waals surface area contributed by atoms with Gasteiger partial charge < -0.3 is 4.74 Å². The van der Waals surface area contributed by atoms with Crippen LogP contribution in [-0.4, -0.2) is 34.4 Å². The number of aliphatic imine (C=N–C) groups is 1. The molecule has 1 aliphatic heterocycles. The molecular formula is C14H12N2O2S. The second-order valence-electron chi connectivity index (χ2n) is 4.17. The van der Waals surface area contributed by atoms with E-state index in [1.807, 2.05) is 12.2 Å². The molecule has 0 saturated heterocycles. The maximum absolute atomic E-state index is 11.8. The maximum atomic E-state index is 11.8. The van der Waals surface area contributed by atoms with Gasteiger partial charge in [0.05, 0.1) is 24.0 Å². The molecule has 2 unspecified atom stereocenters. The lowest BCUT2D eigenvalue weighted by Gasteiger charge is -2.11. The van der Waals surface area contributed by atoms with E-state index < -0.39 is 0 Å². The Morgan fingerprint density at radius 1 is 1.37 bits per heavy atom. The van der Waals surface area contributed by atoms with Gasteiger partial charge in [-0.05, 0) is 12.1 Å². The van der Waals surface area contributed by atoms with Gasteiger partial charge in [0.15, 0.2) is 0 Å². The normalized spacial score (nSPS) is 23.9. The van der Waals surface area contributed by atoms with Crippen molar-refractivity contribution in [1.82, 2.24) is 4.98 Å². The first-order valence-electron chi connectivity index (χ1n) is 5.93. The smallest absolute Gasteiger partial charge is 0.340 e. The number of carbonyl (C=O) groups is 1. The minimum absolute atomic E-state index is 0.137. The predicted octanol–water partition coefficient (Wildman–Crippen LogP) is 2.22. The Hall–Kier alpha value is -1.88. The Morgan fingerprint density at radius 2 is 2.21 bits per heavy atom. The van der Waals surface area contributed by atoms with Crippen molar-refractivity contribution in [3.05, 3.63) is 53.9 Å². The number of nitrogens with zero attached hydrogens (tertiary/aromatic N) is 2. The summed E-state index contributed by atoms with van der Waals surface area (Å²) in [4.78, 5) is 20.7. The first kappa shape index (κ1) is 12.2. The van der Waals surface area contributed by atoms with Crippen LogP contribution in [-0.2, 0) is 4.74 Å². The Bertz CT molecular complexity index is 607. The Labute approximate surface area is 115 Å². The first-order valence-corrected chi connectivity index (χ1v) is 6.80. The summed E-state index contributed by atoms with van der Waals surface area (Å²) in [5.74, 6) is -0.382. The van der Waals surface area contributed by atoms with Crippen molar-refractivity contribution in [3.63, 3.8) is 0 Å². The molecule has 0 bridgehead atoms. The minimum Gasteiger partial charge on any atom is -0.465 e. The summed E-state index contributed by atoms with van der Waals surface area (Å²) in [6.45, 7) is 0. The molecule has 5 heteroatoms. The summed E-state index contributed by atoms with van der Waals surface area (Å²) in [5.41, 5.74) is 1.07. The summed E-state index contributed by atoms with van der Waals surface area (Å²) in [6, 6.07) is 3.57. The molecule has 2 atom stereocenters. The van der Waals surface area contributed by atoms with Crippen LogP contribution in [0.5, 0.6) is 0 Å². The highest BCUT2D eigenvalue weighted by molar-refractivity contribution is 8.15. The monoisotopic (exact) mass is 272 g/mol. The van der Waals surface area contributed by atoms with Crippen molar-refractivity contribution in [2.24, 2.45) is 4.99 Å². The number of methoxy groups -OCH3 is 1. The van der Waals surface area contributed by atoms with Gasteiger partial charge in [-0.2, -0.15) is 0 Å². The van der Waals surface area contributed by atoms with Crippen molar-refractivity contribution >= 4 is 22.8 Å². The molecular weight excluding hydrogens is 260 g/mol. The molecule has 1 aromatic rings. The second-order valence-corrected chi connectivity index (χ2v) is 5.33. The van der Waals surface area contributed by atoms with Gasteiger partial charge in [0.1, 0.15) is 10.7 Å². The van der Waals surface area contributed by atoms with Gasteiger partial charge in [-0.25, -0.2) is 4.79 Å². The van der Waals surface area contributed by atoms with Crippen LogP contribution in [0.1, 0.15) is 16.1 Å². The van der Waals surface area contributed by atoms with E-state index in [0.29, 0.717) is 16.5 Å². The van der Waals surface area contributed by atoms with E-state index in [-0.39, 0.29) is 12.0 Å². The van der Waals surface area contributed by atoms with Crippen LogP contribution >= 0.6 is 11.8 Å². The van der Waals surface area contributed by atoms with Crippen LogP contribution in [0.3, 0.4) is 0 Å². The van der Waals surface area contributed by atoms with Crippen LogP contribution in [0.4, 0.5) is 0 Å². The van der Waals surface area contributed by atoms with E-state index in [9.17, 15) is 4.79 Å². The number of aromatic nitrogens is 1. The van der Waals surface area contributed by atoms with Gasteiger partial charge in [-0.1, -0.05) is 36.1 Å². The fraction of sp³-hybridized carbons (Fsp3) is 0.214. The number of allylic oxidation sites excluding steroid dienone is 2. The summed E-state index contributed by atoms with van der Waals surface area (Å²) in [5, 5.41) is 1.10. The van der Waals surface area contributed by atoms with Crippen LogP contribution in [0, 0.1) is 0 Å². The van der Waals surface area contributed by atoms with Crippen molar-refractivity contribution < 1.29 is 9.53 Å². The topological polar surface area (TPSA) is 51.5 Å². The van der Waals surface area contributed by atoms with E-state index in [1.54, 1.807) is 30.1 Å². The molecule has 0 N–H and O–H groups in total. The average Bonchev–Trinajstić information content (AvgIpc) is 2.90. The van der Waals surface area contributed by atoms with Gasteiger partial charge in [0.25, 0.3) is 0 Å². The van der Waals surface area contributed by atoms with Crippen molar-refractivity contribution in [2.75, 3.05) is 7.11 Å². The van der Waals surface area contributed by atoms with Gasteiger partial charge in [-0.15, -0.1) is 0 Å². The van der Waals surface area contributed by atoms with E-state index in [0.717, 1.165) is 5.04 Å². The second kappa shape index (κ2) is 5.01. The summed E-state index contributed by atoms with van der Waals surface area (Å²) >= 11 is 1.63. The molecule has 4 nitrogen and oxygen atoms in total. The largest absolute Gasteiger partial charge is 0.465 e. The lowest BCUT2D eigenvalue weighted by Crippen LogP contribution is -2.13. The molecule has 0 fully saturated rings. The lowest BCUT2D eigenvalue weighted by atomic mass is 10.1. The number of thioether (sulfide) groups is 1. The van der Waals surface area contributed by atoms with E-state index in [4.69, 9.17) is 4.74 Å². The van der Waals surface area contributed by atoms with Crippen molar-refractivity contribution in [2.45, 2.75) is 11.3 Å². The summed E-state index contributed by atoms with van der Waals surface area (Å²) in [6.07, 6.45) is 9.86. The minimum atomic E-state index is -0.382. The molecule has 0 radical (unpaired) electrons. The quantitative estimate of drug-likeness (QED) is 0.775. The number of pyridine rings is 1. The molecule has 1 aliphatic carbocycles. The molecule has 2 heterocycles. The Balaban J connectivity index is 1.98. The SMILES string of the molecule is COC(=O)c1cccnc1C1=NC2C=CC=CC2S1. The molecule has 0 aromatic carbocycles. The maximum Gasteiger partial charge on any atom is 0.340 e. The summed E-state index contributed by atoms with van der Waals surface area (Å²) in [7, 11) is 1.37. The fourth-order valence-electron chi connectivity index (χ4n) is 2.06. The fourth-order valence-corrected chi connectivity index (χ4v) is 3.24. The number of hydrogen-bond acceptors (Lipinski definition) is 5. The first-order chi connectivity index (χ1) is 9.29. The van der Waals surface area contributed by atoms with Gasteiger partial charge in [0, 0.05) is 6.20 Å². The van der Waals surface area contributed by atoms with E-state index >= 15 is 0 Å². The molecule has 2 aliphatic rings. The molecule has 0 spiro atoms. The third-order valence-corrected chi connectivity index (χ3v) is 4.22. The molecule has 3 rings (SSSR count). The lowest BCUT2D eigenvalue weighted by molar-refractivity contribution is 0.0600. The van der Waals surface area contributed by atoms with Crippen LogP contribution in [0.15, 0.2) is 47.6 Å². The Morgan fingerprint density at radius 3 is 3.00 bits per heavy atom. The highest BCUT2D eigenvalue weighted by atomic mass is 32.2. The third-order valence-electron chi connectivity index (χ3n) is 2.99. The van der Waals surface area contributed by atoms with Crippen molar-refractivity contribution in [1.29, 1.82) is 0 Å². The zero-order chi connectivity index (χ0) is 13.2. The molecule has 1 aromatic heterocycles. The standard InChI is InChI=1S/C14H12N2O2S/c1-18-14(17)9-5-4-8-15-12(9)13-16-10-6-2-3-7-11(10)19-13/h2-8,10-11H,1H3. The highest BCUT2D eigenvalue weighted by Gasteiger charge is 2.30. The number of rotatable bonds is 2. The van der Waals surface area contributed by atoms with Crippen LogP contribution in [0.2, 0.25) is 0 Å². The molecule has 0 amide bonds. The Kier molecular flexibility index (Phi) is 3.21. The zero-order valence-electron chi connectivity index (χ0n) is 10.3. The number of fused-ring (bicyclic) bond motifs is 1. The van der Waals surface area contributed by atoms with Gasteiger partial charge in [-0.3, -0.25) is 9.98 Å². The molecule has 96 valence electrons. The van der Waals surface area contributed by atoms with Gasteiger partial charge in [0.2, 0.25) is 0 Å². The van der Waals surface area contributed by atoms with E-state index in [2.05, 4.69) is 22.1 Å². The predicted molar refractivity (Wildman–Crippen MR) is 75.6 cm³/mol.